The highest BCUT2D eigenvalue weighted by Crippen LogP contribution is 2.25. The van der Waals surface area contributed by atoms with Crippen LogP contribution in [0.25, 0.3) is 11.3 Å². The van der Waals surface area contributed by atoms with Crippen LogP contribution in [-0.4, -0.2) is 23.8 Å². The molecule has 1 N–H and O–H groups in total. The number of benzene rings is 2. The van der Waals surface area contributed by atoms with Gasteiger partial charge in [-0.2, -0.15) is 0 Å². The van der Waals surface area contributed by atoms with E-state index in [0.29, 0.717) is 6.54 Å². The van der Waals surface area contributed by atoms with Gasteiger partial charge >= 0.3 is 0 Å². The number of rotatable bonds is 6. The van der Waals surface area contributed by atoms with E-state index in [0.717, 1.165) is 34.3 Å². The van der Waals surface area contributed by atoms with Gasteiger partial charge in [-0.1, -0.05) is 24.3 Å². The van der Waals surface area contributed by atoms with Gasteiger partial charge in [-0.15, -0.1) is 0 Å². The topological polar surface area (TPSA) is 48.3 Å². The van der Waals surface area contributed by atoms with Gasteiger partial charge in [-0.05, 0) is 29.8 Å². The van der Waals surface area contributed by atoms with Crippen LogP contribution >= 0.6 is 0 Å². The largest absolute Gasteiger partial charge is 0.497 e. The lowest BCUT2D eigenvalue weighted by Gasteiger charge is -2.10. The molecule has 0 saturated carbocycles. The molecule has 0 aliphatic heterocycles. The Morgan fingerprint density at radius 3 is 2.46 bits per heavy atom. The molecule has 0 aliphatic rings. The first kappa shape index (κ1) is 15.9. The van der Waals surface area contributed by atoms with Gasteiger partial charge in [0, 0.05) is 19.2 Å². The predicted octanol–water partition coefficient (Wildman–Crippen LogP) is 3.72. The van der Waals surface area contributed by atoms with Crippen LogP contribution < -0.4 is 14.8 Å². The molecule has 0 atom stereocenters. The lowest BCUT2D eigenvalue weighted by Crippen LogP contribution is -2.05. The number of nitrogens with one attached hydrogen (secondary N) is 1. The number of anilines is 1. The first-order valence-corrected chi connectivity index (χ1v) is 7.74. The van der Waals surface area contributed by atoms with Crippen LogP contribution in [-0.2, 0) is 13.6 Å². The predicted molar refractivity (Wildman–Crippen MR) is 95.5 cm³/mol. The Labute approximate surface area is 141 Å². The standard InChI is InChI=1S/C19H21N3O2/c1-22-18(15-7-5-9-17(11-15)24-3)13-21-19(22)20-12-14-6-4-8-16(10-14)23-2/h4-11,13H,12H2,1-3H3,(H,20,21). The summed E-state index contributed by atoms with van der Waals surface area (Å²) in [6, 6.07) is 15.9. The molecule has 5 heteroatoms. The number of ether oxygens (including phenoxy) is 2. The Balaban J connectivity index is 1.77. The van der Waals surface area contributed by atoms with Gasteiger partial charge in [0.25, 0.3) is 0 Å². The maximum Gasteiger partial charge on any atom is 0.203 e. The minimum absolute atomic E-state index is 0.680. The summed E-state index contributed by atoms with van der Waals surface area (Å²) in [5, 5.41) is 3.36. The summed E-state index contributed by atoms with van der Waals surface area (Å²) < 4.78 is 12.6. The summed E-state index contributed by atoms with van der Waals surface area (Å²) in [6.07, 6.45) is 1.86. The zero-order valence-electron chi connectivity index (χ0n) is 14.1. The van der Waals surface area contributed by atoms with E-state index in [2.05, 4.69) is 16.4 Å². The fourth-order valence-corrected chi connectivity index (χ4v) is 2.59. The molecule has 3 aromatic rings. The van der Waals surface area contributed by atoms with Gasteiger partial charge in [-0.25, -0.2) is 4.98 Å². The summed E-state index contributed by atoms with van der Waals surface area (Å²) >= 11 is 0. The van der Waals surface area contributed by atoms with Gasteiger partial charge in [0.1, 0.15) is 11.5 Å². The van der Waals surface area contributed by atoms with Crippen molar-refractivity contribution in [2.24, 2.45) is 7.05 Å². The van der Waals surface area contributed by atoms with E-state index < -0.39 is 0 Å². The van der Waals surface area contributed by atoms with E-state index in [1.807, 2.05) is 60.3 Å². The highest BCUT2D eigenvalue weighted by molar-refractivity contribution is 5.63. The molecule has 0 spiro atoms. The molecule has 24 heavy (non-hydrogen) atoms. The molecule has 0 bridgehead atoms. The van der Waals surface area contributed by atoms with Gasteiger partial charge in [-0.3, -0.25) is 0 Å². The van der Waals surface area contributed by atoms with Crippen LogP contribution in [0.1, 0.15) is 5.56 Å². The molecule has 0 radical (unpaired) electrons. The van der Waals surface area contributed by atoms with Crippen molar-refractivity contribution < 1.29 is 9.47 Å². The third-order valence-electron chi connectivity index (χ3n) is 3.94. The Kier molecular flexibility index (Phi) is 4.70. The molecule has 0 aliphatic carbocycles. The molecular weight excluding hydrogens is 302 g/mol. The van der Waals surface area contributed by atoms with Crippen molar-refractivity contribution >= 4 is 5.95 Å². The number of methoxy groups -OCH3 is 2. The van der Waals surface area contributed by atoms with Gasteiger partial charge in [0.15, 0.2) is 0 Å². The van der Waals surface area contributed by atoms with Crippen LogP contribution in [0.5, 0.6) is 11.5 Å². The summed E-state index contributed by atoms with van der Waals surface area (Å²) in [5.41, 5.74) is 3.24. The summed E-state index contributed by atoms with van der Waals surface area (Å²) in [5.74, 6) is 2.50. The summed E-state index contributed by atoms with van der Waals surface area (Å²) in [7, 11) is 5.34. The fraction of sp³-hybridized carbons (Fsp3) is 0.211. The third kappa shape index (κ3) is 3.35. The molecule has 3 rings (SSSR count). The van der Waals surface area contributed by atoms with Crippen molar-refractivity contribution in [2.75, 3.05) is 19.5 Å². The van der Waals surface area contributed by atoms with Crippen molar-refractivity contribution in [1.29, 1.82) is 0 Å². The smallest absolute Gasteiger partial charge is 0.203 e. The molecule has 0 saturated heterocycles. The van der Waals surface area contributed by atoms with Crippen LogP contribution in [0.2, 0.25) is 0 Å². The normalized spacial score (nSPS) is 10.5. The van der Waals surface area contributed by atoms with Crippen LogP contribution in [0.4, 0.5) is 5.95 Å². The lowest BCUT2D eigenvalue weighted by atomic mass is 10.1. The second-order valence-electron chi connectivity index (χ2n) is 5.46. The van der Waals surface area contributed by atoms with E-state index in [1.165, 1.54) is 0 Å². The molecule has 1 heterocycles. The molecule has 0 amide bonds. The molecule has 124 valence electrons. The maximum atomic E-state index is 5.29. The van der Waals surface area contributed by atoms with E-state index in [-0.39, 0.29) is 0 Å². The third-order valence-corrected chi connectivity index (χ3v) is 3.94. The first-order valence-electron chi connectivity index (χ1n) is 7.74. The second kappa shape index (κ2) is 7.08. The number of hydrogen-bond acceptors (Lipinski definition) is 4. The zero-order chi connectivity index (χ0) is 16.9. The molecular formula is C19H21N3O2. The number of aromatic nitrogens is 2. The second-order valence-corrected chi connectivity index (χ2v) is 5.46. The van der Waals surface area contributed by atoms with Gasteiger partial charge in [0.05, 0.1) is 26.1 Å². The Bertz CT molecular complexity index is 827. The minimum Gasteiger partial charge on any atom is -0.497 e. The van der Waals surface area contributed by atoms with E-state index >= 15 is 0 Å². The summed E-state index contributed by atoms with van der Waals surface area (Å²) in [6.45, 7) is 0.680. The number of hydrogen-bond donors (Lipinski definition) is 1. The molecule has 0 fully saturated rings. The van der Waals surface area contributed by atoms with Gasteiger partial charge < -0.3 is 19.4 Å². The van der Waals surface area contributed by atoms with Crippen LogP contribution in [0.15, 0.2) is 54.7 Å². The fourth-order valence-electron chi connectivity index (χ4n) is 2.59. The average Bonchev–Trinajstić information content (AvgIpc) is 3.01. The highest BCUT2D eigenvalue weighted by Gasteiger charge is 2.09. The Morgan fingerprint density at radius 2 is 1.71 bits per heavy atom. The highest BCUT2D eigenvalue weighted by atomic mass is 16.5. The minimum atomic E-state index is 0.680. The van der Waals surface area contributed by atoms with Crippen molar-refractivity contribution in [3.63, 3.8) is 0 Å². The van der Waals surface area contributed by atoms with Crippen molar-refractivity contribution in [2.45, 2.75) is 6.54 Å². The molecule has 1 aromatic heterocycles. The first-order chi connectivity index (χ1) is 11.7. The lowest BCUT2D eigenvalue weighted by molar-refractivity contribution is 0.414. The number of imidazole rings is 1. The van der Waals surface area contributed by atoms with Crippen LogP contribution in [0, 0.1) is 0 Å². The Hall–Kier alpha value is -2.95. The molecule has 2 aromatic carbocycles. The van der Waals surface area contributed by atoms with Crippen LogP contribution in [0.3, 0.4) is 0 Å². The van der Waals surface area contributed by atoms with Crippen molar-refractivity contribution in [3.05, 3.63) is 60.3 Å². The van der Waals surface area contributed by atoms with Crippen molar-refractivity contribution in [1.82, 2.24) is 9.55 Å². The quantitative estimate of drug-likeness (QED) is 0.751. The zero-order valence-corrected chi connectivity index (χ0v) is 14.1. The Morgan fingerprint density at radius 1 is 1.00 bits per heavy atom. The van der Waals surface area contributed by atoms with Crippen molar-refractivity contribution in [3.8, 4) is 22.8 Å². The average molecular weight is 323 g/mol. The monoisotopic (exact) mass is 323 g/mol. The van der Waals surface area contributed by atoms with E-state index in [9.17, 15) is 0 Å². The van der Waals surface area contributed by atoms with E-state index in [4.69, 9.17) is 9.47 Å². The van der Waals surface area contributed by atoms with E-state index in [1.54, 1.807) is 14.2 Å². The SMILES string of the molecule is COc1cccc(CNc2ncc(-c3cccc(OC)c3)n2C)c1. The molecule has 0 unspecified atom stereocenters. The maximum absolute atomic E-state index is 5.29. The summed E-state index contributed by atoms with van der Waals surface area (Å²) in [4.78, 5) is 4.49. The number of nitrogens with zero attached hydrogens (tertiary/aromatic N) is 2. The molecule has 5 nitrogen and oxygen atoms in total. The van der Waals surface area contributed by atoms with Gasteiger partial charge in [0.2, 0.25) is 5.95 Å².